The Morgan fingerprint density at radius 3 is 2.94 bits per heavy atom. The molecule has 0 aliphatic rings. The first-order valence-corrected chi connectivity index (χ1v) is 5.64. The van der Waals surface area contributed by atoms with Crippen molar-refractivity contribution in [2.24, 2.45) is 5.10 Å². The highest BCUT2D eigenvalue weighted by molar-refractivity contribution is 5.97. The highest BCUT2D eigenvalue weighted by Crippen LogP contribution is 2.27. The number of hydrogen-bond donors (Lipinski definition) is 3. The second kappa shape index (κ2) is 7.16. The van der Waals surface area contributed by atoms with Crippen LogP contribution in [0, 0.1) is 6.92 Å². The number of aryl methyl sites for hydroxylation is 1. The first-order chi connectivity index (χ1) is 8.69. The van der Waals surface area contributed by atoms with E-state index in [2.05, 4.69) is 21.2 Å². The first-order valence-electron chi connectivity index (χ1n) is 5.64. The smallest absolute Gasteiger partial charge is 0.324 e. The van der Waals surface area contributed by atoms with E-state index in [-0.39, 0.29) is 6.03 Å². The van der Waals surface area contributed by atoms with Gasteiger partial charge in [-0.15, -0.1) is 0 Å². The van der Waals surface area contributed by atoms with Crippen LogP contribution in [0.1, 0.15) is 12.5 Å². The number of nitrogens with one attached hydrogen (secondary N) is 3. The quantitative estimate of drug-likeness (QED) is 0.423. The molecule has 6 heteroatoms. The van der Waals surface area contributed by atoms with Crippen LogP contribution in [0.5, 0.6) is 5.75 Å². The van der Waals surface area contributed by atoms with Crippen molar-refractivity contribution in [3.8, 4) is 5.75 Å². The molecular formula is C12H18N4O2. The van der Waals surface area contributed by atoms with Crippen LogP contribution in [-0.2, 0) is 0 Å². The number of hydrogen-bond acceptors (Lipinski definition) is 4. The predicted octanol–water partition coefficient (Wildman–Crippen LogP) is 1.68. The minimum Gasteiger partial charge on any atom is -0.495 e. The number of hydrazone groups is 1. The van der Waals surface area contributed by atoms with Crippen molar-refractivity contribution in [3.63, 3.8) is 0 Å². The average molecular weight is 250 g/mol. The molecule has 0 fully saturated rings. The Balaban J connectivity index is 2.64. The number of ether oxygens (including phenoxy) is 1. The molecule has 3 N–H and O–H groups in total. The van der Waals surface area contributed by atoms with Crippen LogP contribution in [0.25, 0.3) is 0 Å². The molecule has 0 saturated carbocycles. The van der Waals surface area contributed by atoms with E-state index in [9.17, 15) is 4.79 Å². The molecule has 0 radical (unpaired) electrons. The molecule has 0 bridgehead atoms. The van der Waals surface area contributed by atoms with Crippen LogP contribution < -0.4 is 20.8 Å². The number of nitrogens with zero attached hydrogens (tertiary/aromatic N) is 1. The molecule has 6 nitrogen and oxygen atoms in total. The van der Waals surface area contributed by atoms with Crippen molar-refractivity contribution in [2.45, 2.75) is 13.8 Å². The Morgan fingerprint density at radius 2 is 2.28 bits per heavy atom. The van der Waals surface area contributed by atoms with Gasteiger partial charge >= 0.3 is 6.03 Å². The third-order valence-electron chi connectivity index (χ3n) is 2.20. The van der Waals surface area contributed by atoms with Crippen molar-refractivity contribution >= 4 is 18.1 Å². The predicted molar refractivity (Wildman–Crippen MR) is 72.1 cm³/mol. The van der Waals surface area contributed by atoms with E-state index in [4.69, 9.17) is 4.74 Å². The van der Waals surface area contributed by atoms with Gasteiger partial charge in [0, 0.05) is 6.54 Å². The number of carbonyl (C=O) groups is 1. The van der Waals surface area contributed by atoms with Crippen molar-refractivity contribution in [3.05, 3.63) is 23.8 Å². The summed E-state index contributed by atoms with van der Waals surface area (Å²) in [5, 5.41) is 8.96. The maximum absolute atomic E-state index is 11.6. The second-order valence-electron chi connectivity index (χ2n) is 3.52. The van der Waals surface area contributed by atoms with Gasteiger partial charge in [-0.25, -0.2) is 4.79 Å². The van der Waals surface area contributed by atoms with Crippen LogP contribution in [-0.4, -0.2) is 26.0 Å². The molecular weight excluding hydrogens is 232 g/mol. The zero-order valence-electron chi connectivity index (χ0n) is 10.8. The van der Waals surface area contributed by atoms with Gasteiger partial charge in [-0.05, 0) is 25.5 Å². The number of carbonyl (C=O) groups excluding carboxylic acids is 1. The van der Waals surface area contributed by atoms with Crippen LogP contribution in [0.3, 0.4) is 0 Å². The molecule has 1 aromatic carbocycles. The topological polar surface area (TPSA) is 74.8 Å². The molecule has 0 heterocycles. The number of benzene rings is 1. The lowest BCUT2D eigenvalue weighted by Crippen LogP contribution is -2.28. The van der Waals surface area contributed by atoms with Crippen molar-refractivity contribution in [1.29, 1.82) is 0 Å². The number of anilines is 1. The van der Waals surface area contributed by atoms with Crippen molar-refractivity contribution in [1.82, 2.24) is 10.7 Å². The fraction of sp³-hybridized carbons (Fsp3) is 0.333. The highest BCUT2D eigenvalue weighted by Gasteiger charge is 2.08. The van der Waals surface area contributed by atoms with E-state index in [1.165, 1.54) is 6.34 Å². The number of rotatable bonds is 5. The van der Waals surface area contributed by atoms with Crippen LogP contribution in [0.2, 0.25) is 0 Å². The molecule has 2 amide bonds. The fourth-order valence-electron chi connectivity index (χ4n) is 1.35. The normalized spacial score (nSPS) is 10.2. The maximum Gasteiger partial charge on any atom is 0.324 e. The van der Waals surface area contributed by atoms with Crippen LogP contribution in [0.15, 0.2) is 23.3 Å². The SMILES string of the molecule is CCNN=CNC(=O)Nc1c(C)cccc1OC. The summed E-state index contributed by atoms with van der Waals surface area (Å²) < 4.78 is 5.18. The summed E-state index contributed by atoms with van der Waals surface area (Å²) in [4.78, 5) is 11.6. The molecule has 1 aromatic rings. The lowest BCUT2D eigenvalue weighted by Gasteiger charge is -2.12. The molecule has 1 rings (SSSR count). The molecule has 0 aliphatic heterocycles. The second-order valence-corrected chi connectivity index (χ2v) is 3.52. The third-order valence-corrected chi connectivity index (χ3v) is 2.20. The minimum absolute atomic E-state index is 0.371. The average Bonchev–Trinajstić information content (AvgIpc) is 2.37. The summed E-state index contributed by atoms with van der Waals surface area (Å²) in [6.45, 7) is 4.51. The summed E-state index contributed by atoms with van der Waals surface area (Å²) in [7, 11) is 1.56. The van der Waals surface area contributed by atoms with Gasteiger partial charge in [0.25, 0.3) is 0 Å². The standard InChI is InChI=1S/C12H18N4O2/c1-4-14-15-8-13-12(17)16-11-9(2)6-5-7-10(11)18-3/h5-8,14H,4H2,1-3H3,(H2,13,15,16,17). The Morgan fingerprint density at radius 1 is 1.50 bits per heavy atom. The highest BCUT2D eigenvalue weighted by atomic mass is 16.5. The lowest BCUT2D eigenvalue weighted by atomic mass is 10.2. The minimum atomic E-state index is -0.371. The third kappa shape index (κ3) is 3.97. The number of para-hydroxylation sites is 1. The molecule has 0 aromatic heterocycles. The molecule has 0 spiro atoms. The monoisotopic (exact) mass is 250 g/mol. The largest absolute Gasteiger partial charge is 0.495 e. The summed E-state index contributed by atoms with van der Waals surface area (Å²) >= 11 is 0. The molecule has 0 saturated heterocycles. The van der Waals surface area contributed by atoms with Gasteiger partial charge in [0.05, 0.1) is 12.8 Å². The Hall–Kier alpha value is -2.24. The zero-order chi connectivity index (χ0) is 13.4. The maximum atomic E-state index is 11.6. The lowest BCUT2D eigenvalue weighted by molar-refractivity contribution is 0.256. The number of urea groups is 1. The molecule has 18 heavy (non-hydrogen) atoms. The van der Waals surface area contributed by atoms with E-state index in [1.807, 2.05) is 26.0 Å². The molecule has 0 unspecified atom stereocenters. The number of amides is 2. The van der Waals surface area contributed by atoms with Gasteiger partial charge in [-0.2, -0.15) is 5.10 Å². The summed E-state index contributed by atoms with van der Waals surface area (Å²) in [6, 6.07) is 5.17. The molecule has 0 atom stereocenters. The van der Waals surface area contributed by atoms with E-state index in [0.29, 0.717) is 18.0 Å². The fourth-order valence-corrected chi connectivity index (χ4v) is 1.35. The van der Waals surface area contributed by atoms with Gasteiger partial charge in [-0.1, -0.05) is 12.1 Å². The Bertz CT molecular complexity index is 432. The molecule has 98 valence electrons. The molecule has 0 aliphatic carbocycles. The van der Waals surface area contributed by atoms with Gasteiger partial charge in [-0.3, -0.25) is 5.32 Å². The van der Waals surface area contributed by atoms with Crippen LogP contribution >= 0.6 is 0 Å². The number of methoxy groups -OCH3 is 1. The van der Waals surface area contributed by atoms with Gasteiger partial charge < -0.3 is 15.5 Å². The van der Waals surface area contributed by atoms with Crippen molar-refractivity contribution < 1.29 is 9.53 Å². The first kappa shape index (κ1) is 13.8. The zero-order valence-corrected chi connectivity index (χ0v) is 10.8. The van der Waals surface area contributed by atoms with Crippen LogP contribution in [0.4, 0.5) is 10.5 Å². The Labute approximate surface area is 106 Å². The summed E-state index contributed by atoms with van der Waals surface area (Å²) in [5.74, 6) is 0.619. The van der Waals surface area contributed by atoms with E-state index in [0.717, 1.165) is 5.56 Å². The van der Waals surface area contributed by atoms with Gasteiger partial charge in [0.15, 0.2) is 0 Å². The Kier molecular flexibility index (Phi) is 5.50. The van der Waals surface area contributed by atoms with E-state index >= 15 is 0 Å². The van der Waals surface area contributed by atoms with E-state index < -0.39 is 0 Å². The summed E-state index contributed by atoms with van der Waals surface area (Å²) in [5.41, 5.74) is 4.28. The van der Waals surface area contributed by atoms with Gasteiger partial charge in [0.2, 0.25) is 0 Å². The van der Waals surface area contributed by atoms with Crippen molar-refractivity contribution in [2.75, 3.05) is 19.0 Å². The summed E-state index contributed by atoms with van der Waals surface area (Å²) in [6.07, 6.45) is 1.30. The van der Waals surface area contributed by atoms with E-state index in [1.54, 1.807) is 13.2 Å². The van der Waals surface area contributed by atoms with Gasteiger partial charge in [0.1, 0.15) is 12.1 Å².